The van der Waals surface area contributed by atoms with E-state index in [1.165, 1.54) is 27.8 Å². The van der Waals surface area contributed by atoms with Crippen LogP contribution in [0.15, 0.2) is 46.7 Å². The molecule has 0 aliphatic carbocycles. The summed E-state index contributed by atoms with van der Waals surface area (Å²) in [5.41, 5.74) is 0. The fourth-order valence-electron chi connectivity index (χ4n) is 3.66. The van der Waals surface area contributed by atoms with Crippen molar-refractivity contribution >= 4 is 44.8 Å². The van der Waals surface area contributed by atoms with Crippen molar-refractivity contribution in [1.29, 1.82) is 0 Å². The van der Waals surface area contributed by atoms with Crippen LogP contribution in [0.5, 0.6) is 0 Å². The molecule has 174 valence electrons. The van der Waals surface area contributed by atoms with Crippen LogP contribution < -0.4 is 10.6 Å². The van der Waals surface area contributed by atoms with Crippen molar-refractivity contribution in [2.75, 3.05) is 13.1 Å². The summed E-state index contributed by atoms with van der Waals surface area (Å²) in [6, 6.07) is 8.85. The Hall–Kier alpha value is -1.94. The third-order valence-electron chi connectivity index (χ3n) is 5.74. The Morgan fingerprint density at radius 3 is 2.38 bits per heavy atom. The summed E-state index contributed by atoms with van der Waals surface area (Å²) in [6.45, 7) is 4.44. The van der Waals surface area contributed by atoms with E-state index >= 15 is 0 Å². The summed E-state index contributed by atoms with van der Waals surface area (Å²) >= 11 is 7.19. The van der Waals surface area contributed by atoms with Gasteiger partial charge in [0.1, 0.15) is 6.04 Å². The van der Waals surface area contributed by atoms with Crippen molar-refractivity contribution in [1.82, 2.24) is 14.9 Å². The molecule has 2 N–H and O–H groups in total. The fourth-order valence-corrected chi connectivity index (χ4v) is 5.88. The minimum absolute atomic E-state index is 0.0194. The van der Waals surface area contributed by atoms with Crippen molar-refractivity contribution in [2.45, 2.75) is 50.1 Å². The van der Waals surface area contributed by atoms with Gasteiger partial charge in [-0.1, -0.05) is 24.6 Å². The van der Waals surface area contributed by atoms with Crippen molar-refractivity contribution in [3.05, 3.63) is 51.7 Å². The second-order valence-corrected chi connectivity index (χ2v) is 11.3. The molecule has 1 aliphatic heterocycles. The molecule has 0 saturated carbocycles. The highest BCUT2D eigenvalue weighted by atomic mass is 35.5. The number of benzene rings is 1. The van der Waals surface area contributed by atoms with Crippen LogP contribution in [0.3, 0.4) is 0 Å². The Balaban J connectivity index is 1.71. The summed E-state index contributed by atoms with van der Waals surface area (Å²) in [7, 11) is -3.64. The minimum atomic E-state index is -3.64. The lowest BCUT2D eigenvalue weighted by atomic mass is 9.89. The molecule has 3 rings (SSSR count). The second kappa shape index (κ2) is 10.8. The lowest BCUT2D eigenvalue weighted by Gasteiger charge is -2.35. The molecular formula is C22H28ClN3O4S2. The Labute approximate surface area is 198 Å². The Morgan fingerprint density at radius 1 is 1.16 bits per heavy atom. The van der Waals surface area contributed by atoms with Gasteiger partial charge < -0.3 is 10.6 Å². The van der Waals surface area contributed by atoms with Crippen LogP contribution in [0.1, 0.15) is 42.8 Å². The van der Waals surface area contributed by atoms with E-state index in [-0.39, 0.29) is 41.8 Å². The summed E-state index contributed by atoms with van der Waals surface area (Å²) in [5, 5.41) is 8.12. The summed E-state index contributed by atoms with van der Waals surface area (Å²) in [5.74, 6) is -0.691. The molecule has 0 radical (unpaired) electrons. The minimum Gasteiger partial charge on any atom is -0.352 e. The molecule has 1 fully saturated rings. The molecule has 1 aliphatic rings. The van der Waals surface area contributed by atoms with E-state index in [2.05, 4.69) is 10.6 Å². The third-order valence-corrected chi connectivity index (χ3v) is 8.77. The first-order chi connectivity index (χ1) is 15.2. The highest BCUT2D eigenvalue weighted by molar-refractivity contribution is 7.89. The number of amides is 2. The van der Waals surface area contributed by atoms with Gasteiger partial charge >= 0.3 is 0 Å². The fraction of sp³-hybridized carbons (Fsp3) is 0.455. The molecule has 1 aromatic carbocycles. The SMILES string of the molecule is CC[C@H](C)NC(=O)[C@H](NC(=O)c1cccs1)C1CCN(S(=O)(=O)c2ccc(Cl)cc2)CC1. The third kappa shape index (κ3) is 5.89. The predicted octanol–water partition coefficient (Wildman–Crippen LogP) is 3.52. The van der Waals surface area contributed by atoms with E-state index in [4.69, 9.17) is 11.6 Å². The zero-order valence-electron chi connectivity index (χ0n) is 18.1. The maximum Gasteiger partial charge on any atom is 0.262 e. The molecule has 0 spiro atoms. The van der Waals surface area contributed by atoms with E-state index in [1.54, 1.807) is 24.3 Å². The molecule has 0 bridgehead atoms. The molecule has 2 amide bonds. The highest BCUT2D eigenvalue weighted by Crippen LogP contribution is 2.27. The number of halogens is 1. The van der Waals surface area contributed by atoms with Crippen LogP contribution in [-0.2, 0) is 14.8 Å². The number of hydrogen-bond acceptors (Lipinski definition) is 5. The Bertz CT molecular complexity index is 1020. The monoisotopic (exact) mass is 497 g/mol. The molecular weight excluding hydrogens is 470 g/mol. The number of piperidine rings is 1. The zero-order valence-corrected chi connectivity index (χ0v) is 20.5. The molecule has 0 unspecified atom stereocenters. The topological polar surface area (TPSA) is 95.6 Å². The average Bonchev–Trinajstić information content (AvgIpc) is 3.32. The summed E-state index contributed by atoms with van der Waals surface area (Å²) in [6.07, 6.45) is 1.71. The summed E-state index contributed by atoms with van der Waals surface area (Å²) in [4.78, 5) is 26.4. The normalized spacial score (nSPS) is 17.5. The maximum atomic E-state index is 13.0. The van der Waals surface area contributed by atoms with Crippen LogP contribution in [0, 0.1) is 5.92 Å². The Morgan fingerprint density at radius 2 is 1.81 bits per heavy atom. The van der Waals surface area contributed by atoms with Gasteiger partial charge in [0.25, 0.3) is 5.91 Å². The molecule has 1 aromatic heterocycles. The van der Waals surface area contributed by atoms with Crippen molar-refractivity contribution in [3.63, 3.8) is 0 Å². The lowest BCUT2D eigenvalue weighted by Crippen LogP contribution is -2.55. The maximum absolute atomic E-state index is 13.0. The van der Waals surface area contributed by atoms with E-state index in [9.17, 15) is 18.0 Å². The predicted molar refractivity (Wildman–Crippen MR) is 126 cm³/mol. The molecule has 10 heteroatoms. The molecule has 32 heavy (non-hydrogen) atoms. The molecule has 7 nitrogen and oxygen atoms in total. The quantitative estimate of drug-likeness (QED) is 0.583. The highest BCUT2D eigenvalue weighted by Gasteiger charge is 2.36. The summed E-state index contributed by atoms with van der Waals surface area (Å²) < 4.78 is 27.4. The van der Waals surface area contributed by atoms with E-state index in [1.807, 2.05) is 19.2 Å². The van der Waals surface area contributed by atoms with Gasteiger partial charge in [0.2, 0.25) is 15.9 Å². The number of hydrogen-bond donors (Lipinski definition) is 2. The lowest BCUT2D eigenvalue weighted by molar-refractivity contribution is -0.125. The van der Waals surface area contributed by atoms with Gasteiger partial charge in [-0.2, -0.15) is 4.31 Å². The van der Waals surface area contributed by atoms with Gasteiger partial charge in [0.15, 0.2) is 0 Å². The van der Waals surface area contributed by atoms with Gasteiger partial charge in [-0.05, 0) is 67.8 Å². The Kier molecular flexibility index (Phi) is 8.32. The van der Waals surface area contributed by atoms with Crippen LogP contribution >= 0.6 is 22.9 Å². The number of carbonyl (C=O) groups excluding carboxylic acids is 2. The first-order valence-electron chi connectivity index (χ1n) is 10.6. The van der Waals surface area contributed by atoms with Crippen LogP contribution in [0.4, 0.5) is 0 Å². The van der Waals surface area contributed by atoms with E-state index in [0.29, 0.717) is 22.7 Å². The van der Waals surface area contributed by atoms with Crippen LogP contribution in [-0.4, -0.2) is 49.7 Å². The number of thiophene rings is 1. The zero-order chi connectivity index (χ0) is 23.3. The van der Waals surface area contributed by atoms with Gasteiger partial charge in [-0.15, -0.1) is 11.3 Å². The standard InChI is InChI=1S/C22H28ClN3O4S2/c1-3-15(2)24-22(28)20(25-21(27)19-5-4-14-31-19)16-10-12-26(13-11-16)32(29,30)18-8-6-17(23)7-9-18/h4-9,14-16,20H,3,10-13H2,1-2H3,(H,24,28)(H,25,27)/t15-,20+/m0/s1. The molecule has 2 aromatic rings. The van der Waals surface area contributed by atoms with Crippen molar-refractivity contribution < 1.29 is 18.0 Å². The number of nitrogens with one attached hydrogen (secondary N) is 2. The van der Waals surface area contributed by atoms with Crippen LogP contribution in [0.2, 0.25) is 5.02 Å². The van der Waals surface area contributed by atoms with Crippen molar-refractivity contribution in [3.8, 4) is 0 Å². The van der Waals surface area contributed by atoms with Crippen LogP contribution in [0.25, 0.3) is 0 Å². The van der Waals surface area contributed by atoms with Crippen molar-refractivity contribution in [2.24, 2.45) is 5.92 Å². The molecule has 1 saturated heterocycles. The largest absolute Gasteiger partial charge is 0.352 e. The number of carbonyl (C=O) groups is 2. The van der Waals surface area contributed by atoms with E-state index < -0.39 is 16.1 Å². The average molecular weight is 498 g/mol. The second-order valence-electron chi connectivity index (χ2n) is 7.94. The van der Waals surface area contributed by atoms with Gasteiger partial charge in [-0.3, -0.25) is 9.59 Å². The number of rotatable bonds is 8. The smallest absolute Gasteiger partial charge is 0.262 e. The molecule has 2 heterocycles. The van der Waals surface area contributed by atoms with Gasteiger partial charge in [0, 0.05) is 24.2 Å². The molecule has 2 atom stereocenters. The van der Waals surface area contributed by atoms with Gasteiger partial charge in [-0.25, -0.2) is 8.42 Å². The first kappa shape index (κ1) is 24.7. The first-order valence-corrected chi connectivity index (χ1v) is 13.3. The van der Waals surface area contributed by atoms with Gasteiger partial charge in [0.05, 0.1) is 9.77 Å². The number of nitrogens with zero attached hydrogens (tertiary/aromatic N) is 1. The van der Waals surface area contributed by atoms with E-state index in [0.717, 1.165) is 6.42 Å². The number of sulfonamides is 1.